The monoisotopic (exact) mass is 559 g/mol. The Labute approximate surface area is 251 Å². The third-order valence-electron chi connectivity index (χ3n) is 7.91. The molecule has 41 heavy (non-hydrogen) atoms. The summed E-state index contributed by atoms with van der Waals surface area (Å²) >= 11 is 0. The van der Waals surface area contributed by atoms with Gasteiger partial charge in [-0.1, -0.05) is 50.3 Å². The van der Waals surface area contributed by atoms with Gasteiger partial charge in [-0.05, 0) is 87.8 Å². The van der Waals surface area contributed by atoms with Crippen molar-refractivity contribution in [2.45, 2.75) is 71.4 Å². The molecule has 0 N–H and O–H groups in total. The van der Waals surface area contributed by atoms with E-state index in [1.54, 1.807) is 12.2 Å². The second-order valence-corrected chi connectivity index (χ2v) is 10.7. The first-order valence-corrected chi connectivity index (χ1v) is 15.0. The Balaban J connectivity index is 0.00000131. The molecule has 1 aromatic carbocycles. The van der Waals surface area contributed by atoms with E-state index in [9.17, 15) is 4.39 Å². The van der Waals surface area contributed by atoms with Gasteiger partial charge in [-0.15, -0.1) is 39.2 Å². The van der Waals surface area contributed by atoms with E-state index < -0.39 is 0 Å². The average Bonchev–Trinajstić information content (AvgIpc) is 3.19. The molecule has 0 aromatic heterocycles. The Hall–Kier alpha value is -3.29. The number of piperidine rings is 1. The zero-order valence-corrected chi connectivity index (χ0v) is 26.0. The van der Waals surface area contributed by atoms with Gasteiger partial charge < -0.3 is 9.80 Å². The number of hydrogen-bond donors (Lipinski definition) is 0. The lowest BCUT2D eigenvalue weighted by molar-refractivity contribution is 0.155. The van der Waals surface area contributed by atoms with Gasteiger partial charge in [0.2, 0.25) is 0 Å². The van der Waals surface area contributed by atoms with Crippen LogP contribution in [0.15, 0.2) is 98.6 Å². The molecule has 2 heterocycles. The molecule has 0 radical (unpaired) electrons. The fourth-order valence-electron chi connectivity index (χ4n) is 5.93. The fraction of sp³-hybridized carbons (Fsp3) is 0.459. The normalized spacial score (nSPS) is 22.2. The van der Waals surface area contributed by atoms with Crippen LogP contribution in [-0.4, -0.2) is 54.6 Å². The molecule has 3 aliphatic rings. The molecule has 1 aliphatic carbocycles. The molecule has 4 rings (SSSR count). The molecule has 3 unspecified atom stereocenters. The summed E-state index contributed by atoms with van der Waals surface area (Å²) < 4.78 is 14.6. The molecule has 3 nitrogen and oxygen atoms in total. The van der Waals surface area contributed by atoms with Crippen LogP contribution in [0.25, 0.3) is 0 Å². The van der Waals surface area contributed by atoms with E-state index in [1.165, 1.54) is 42.8 Å². The average molecular weight is 560 g/mol. The third kappa shape index (κ3) is 10.9. The number of piperazine rings is 1. The molecule has 0 saturated carbocycles. The molecule has 224 valence electrons. The van der Waals surface area contributed by atoms with Gasteiger partial charge >= 0.3 is 0 Å². The van der Waals surface area contributed by atoms with Gasteiger partial charge in [0.05, 0.1) is 6.04 Å². The highest BCUT2D eigenvalue weighted by molar-refractivity contribution is 5.54. The van der Waals surface area contributed by atoms with E-state index in [0.717, 1.165) is 51.0 Å². The first kappa shape index (κ1) is 35.7. The second-order valence-electron chi connectivity index (χ2n) is 10.7. The van der Waals surface area contributed by atoms with Crippen LogP contribution in [0.1, 0.15) is 57.9 Å². The summed E-state index contributed by atoms with van der Waals surface area (Å²) in [4.78, 5) is 7.66. The maximum atomic E-state index is 14.6. The maximum Gasteiger partial charge on any atom is 0.120 e. The van der Waals surface area contributed by atoms with Crippen molar-refractivity contribution in [3.8, 4) is 12.8 Å². The number of aryl methyl sites for hydroxylation is 1. The van der Waals surface area contributed by atoms with E-state index in [0.29, 0.717) is 6.04 Å². The fourth-order valence-corrected chi connectivity index (χ4v) is 5.93. The Bertz CT molecular complexity index is 1010. The molecule has 0 bridgehead atoms. The highest BCUT2D eigenvalue weighted by atomic mass is 19.1. The largest absolute Gasteiger partial charge is 0.373 e. The minimum absolute atomic E-state index is 0.112. The van der Waals surface area contributed by atoms with Crippen LogP contribution in [0.5, 0.6) is 0 Å². The summed E-state index contributed by atoms with van der Waals surface area (Å²) in [6.45, 7) is 28.6. The number of terminal acetylenes is 1. The molecule has 2 saturated heterocycles. The molecular formula is C37H54FN3. The summed E-state index contributed by atoms with van der Waals surface area (Å²) in [5.41, 5.74) is 4.90. The maximum absolute atomic E-state index is 14.6. The standard InChI is InChI=1S/C31H44FN3.2C2H4.C2H2/c1-5-17-33-18-20-34(21-19-33)26(4)12-16-29-7-6-8-31(27-13-9-25(3)22-28(32)23-27)35(29)30-14-10-24(2)11-15-30;3*1-2/h9-11,13-15,22-23,25,29,31H,4-8,12,16-21H2,1-3H3;2*1-2H2;1-2H. The lowest BCUT2D eigenvalue weighted by Crippen LogP contribution is -2.48. The van der Waals surface area contributed by atoms with Crippen molar-refractivity contribution < 1.29 is 4.39 Å². The lowest BCUT2D eigenvalue weighted by atomic mass is 9.87. The van der Waals surface area contributed by atoms with Crippen LogP contribution < -0.4 is 4.90 Å². The lowest BCUT2D eigenvalue weighted by Gasteiger charge is -2.45. The molecule has 4 heteroatoms. The molecule has 3 atom stereocenters. The van der Waals surface area contributed by atoms with E-state index >= 15 is 0 Å². The van der Waals surface area contributed by atoms with Crippen molar-refractivity contribution in [3.63, 3.8) is 0 Å². The predicted octanol–water partition coefficient (Wildman–Crippen LogP) is 8.88. The smallest absolute Gasteiger partial charge is 0.120 e. The zero-order valence-electron chi connectivity index (χ0n) is 26.0. The molecule has 2 fully saturated rings. The highest BCUT2D eigenvalue weighted by Crippen LogP contribution is 2.37. The van der Waals surface area contributed by atoms with Crippen molar-refractivity contribution in [1.29, 1.82) is 0 Å². The Morgan fingerprint density at radius 3 is 2.24 bits per heavy atom. The van der Waals surface area contributed by atoms with Gasteiger partial charge in [0.1, 0.15) is 5.83 Å². The zero-order chi connectivity index (χ0) is 30.8. The quantitative estimate of drug-likeness (QED) is 0.233. The molecule has 0 amide bonds. The Morgan fingerprint density at radius 1 is 1.00 bits per heavy atom. The van der Waals surface area contributed by atoms with Crippen molar-refractivity contribution in [2.75, 3.05) is 37.6 Å². The van der Waals surface area contributed by atoms with Gasteiger partial charge in [-0.2, -0.15) is 0 Å². The van der Waals surface area contributed by atoms with E-state index in [-0.39, 0.29) is 17.8 Å². The molecule has 0 spiro atoms. The van der Waals surface area contributed by atoms with Crippen LogP contribution >= 0.6 is 0 Å². The minimum atomic E-state index is -0.112. The van der Waals surface area contributed by atoms with Gasteiger partial charge in [0, 0.05) is 43.6 Å². The van der Waals surface area contributed by atoms with Crippen LogP contribution in [0.2, 0.25) is 0 Å². The van der Waals surface area contributed by atoms with E-state index in [4.69, 9.17) is 0 Å². The number of hydrogen-bond acceptors (Lipinski definition) is 3. The van der Waals surface area contributed by atoms with Crippen molar-refractivity contribution in [1.82, 2.24) is 9.80 Å². The minimum Gasteiger partial charge on any atom is -0.373 e. The Morgan fingerprint density at radius 2 is 1.63 bits per heavy atom. The summed E-state index contributed by atoms with van der Waals surface area (Å²) in [5.74, 6) is 0.0103. The van der Waals surface area contributed by atoms with Crippen LogP contribution in [0.3, 0.4) is 0 Å². The first-order chi connectivity index (χ1) is 19.9. The van der Waals surface area contributed by atoms with Gasteiger partial charge in [0.15, 0.2) is 0 Å². The summed E-state index contributed by atoms with van der Waals surface area (Å²) in [7, 11) is 0. The number of nitrogens with zero attached hydrogens (tertiary/aromatic N) is 3. The number of rotatable bonds is 8. The number of anilines is 1. The number of allylic oxidation sites excluding steroid dienone is 5. The first-order valence-electron chi connectivity index (χ1n) is 15.0. The molecular weight excluding hydrogens is 505 g/mol. The summed E-state index contributed by atoms with van der Waals surface area (Å²) in [6.07, 6.45) is 22.5. The Kier molecular flexibility index (Phi) is 17.2. The van der Waals surface area contributed by atoms with Crippen LogP contribution in [-0.2, 0) is 0 Å². The predicted molar refractivity (Wildman–Crippen MR) is 180 cm³/mol. The van der Waals surface area contributed by atoms with Crippen LogP contribution in [0.4, 0.5) is 10.1 Å². The van der Waals surface area contributed by atoms with E-state index in [1.807, 2.05) is 6.92 Å². The van der Waals surface area contributed by atoms with Gasteiger partial charge in [0.25, 0.3) is 0 Å². The van der Waals surface area contributed by atoms with Gasteiger partial charge in [-0.3, -0.25) is 4.90 Å². The third-order valence-corrected chi connectivity index (χ3v) is 7.91. The topological polar surface area (TPSA) is 9.72 Å². The van der Waals surface area contributed by atoms with Gasteiger partial charge in [-0.25, -0.2) is 4.39 Å². The molecule has 2 aliphatic heterocycles. The summed E-state index contributed by atoms with van der Waals surface area (Å²) in [5, 5.41) is 0. The second kappa shape index (κ2) is 19.7. The van der Waals surface area contributed by atoms with Crippen LogP contribution in [0, 0.1) is 25.7 Å². The van der Waals surface area contributed by atoms with Crippen molar-refractivity contribution in [2.24, 2.45) is 5.92 Å². The number of halogens is 1. The van der Waals surface area contributed by atoms with Crippen molar-refractivity contribution in [3.05, 3.63) is 104 Å². The molecule has 1 aromatic rings. The SMILES string of the molecule is C#C.C=C.C=C.C=C(CCC1CCCC(C2=CC(F)=CC(C)C=C2)N1c1ccc(C)cc1)N1CCN(CCC)CC1. The van der Waals surface area contributed by atoms with E-state index in [2.05, 4.69) is 111 Å². The van der Waals surface area contributed by atoms with Crippen molar-refractivity contribution >= 4 is 5.69 Å². The summed E-state index contributed by atoms with van der Waals surface area (Å²) in [6, 6.07) is 9.52. The number of benzene rings is 1. The highest BCUT2D eigenvalue weighted by Gasteiger charge is 2.33.